The van der Waals surface area contributed by atoms with Crippen LogP contribution in [0, 0.1) is 11.2 Å². The number of hydrogen-bond acceptors (Lipinski definition) is 4. The molecule has 2 fully saturated rings. The van der Waals surface area contributed by atoms with Gasteiger partial charge in [0.15, 0.2) is 0 Å². The number of carbonyl (C=O) groups excluding carboxylic acids is 1. The van der Waals surface area contributed by atoms with E-state index in [1.807, 2.05) is 41.5 Å². The fourth-order valence-electron chi connectivity index (χ4n) is 3.60. The van der Waals surface area contributed by atoms with Crippen LogP contribution >= 0.6 is 15.9 Å². The molecule has 1 spiro atoms. The molecule has 2 atom stereocenters. The van der Waals surface area contributed by atoms with Gasteiger partial charge in [-0.2, -0.15) is 0 Å². The van der Waals surface area contributed by atoms with Gasteiger partial charge in [-0.15, -0.1) is 0 Å². The number of halogens is 2. The van der Waals surface area contributed by atoms with Gasteiger partial charge in [-0.3, -0.25) is 4.90 Å². The SMILES string of the molecule is CC(C)(C)OC(=O)N1CC2(CC2)C(=N[S+]([O-])C(C)(C)C)C1Cc1cccc(Br)c1F. The van der Waals surface area contributed by atoms with Crippen LogP contribution in [0.3, 0.4) is 0 Å². The molecular formula is C22H30BrFN2O3S. The van der Waals surface area contributed by atoms with Gasteiger partial charge in [0.25, 0.3) is 0 Å². The van der Waals surface area contributed by atoms with Crippen LogP contribution in [0.2, 0.25) is 0 Å². The number of hydrogen-bond donors (Lipinski definition) is 0. The molecule has 1 aromatic carbocycles. The molecule has 3 rings (SSSR count). The van der Waals surface area contributed by atoms with Gasteiger partial charge in [0.2, 0.25) is 0 Å². The van der Waals surface area contributed by atoms with Crippen LogP contribution in [0.25, 0.3) is 0 Å². The number of amides is 1. The number of carbonyl (C=O) groups is 1. The maximum absolute atomic E-state index is 14.8. The van der Waals surface area contributed by atoms with Crippen molar-refractivity contribution in [1.29, 1.82) is 0 Å². The third-order valence-electron chi connectivity index (χ3n) is 5.34. The summed E-state index contributed by atoms with van der Waals surface area (Å²) in [7, 11) is 0. The Labute approximate surface area is 189 Å². The molecule has 166 valence electrons. The van der Waals surface area contributed by atoms with Crippen molar-refractivity contribution in [3.05, 3.63) is 34.1 Å². The lowest BCUT2D eigenvalue weighted by atomic mass is 9.95. The van der Waals surface area contributed by atoms with Gasteiger partial charge in [-0.1, -0.05) is 16.5 Å². The Morgan fingerprint density at radius 2 is 1.97 bits per heavy atom. The number of ether oxygens (including phenoxy) is 1. The fraction of sp³-hybridized carbons (Fsp3) is 0.636. The third-order valence-corrected chi connectivity index (χ3v) is 7.36. The van der Waals surface area contributed by atoms with Crippen LogP contribution in [0.15, 0.2) is 27.1 Å². The van der Waals surface area contributed by atoms with Crippen molar-refractivity contribution in [3.63, 3.8) is 0 Å². The van der Waals surface area contributed by atoms with E-state index in [-0.39, 0.29) is 17.7 Å². The van der Waals surface area contributed by atoms with Crippen LogP contribution in [0.1, 0.15) is 59.9 Å². The summed E-state index contributed by atoms with van der Waals surface area (Å²) >= 11 is 1.77. The second kappa shape index (κ2) is 8.10. The largest absolute Gasteiger partial charge is 0.591 e. The minimum atomic E-state index is -1.46. The van der Waals surface area contributed by atoms with Gasteiger partial charge >= 0.3 is 6.09 Å². The maximum atomic E-state index is 14.8. The quantitative estimate of drug-likeness (QED) is 0.519. The Hall–Kier alpha value is -1.12. The normalized spacial score (nSPS) is 23.2. The molecule has 2 unspecified atom stereocenters. The van der Waals surface area contributed by atoms with Crippen LogP contribution in [0.4, 0.5) is 9.18 Å². The summed E-state index contributed by atoms with van der Waals surface area (Å²) in [6.07, 6.45) is 1.57. The molecule has 8 heteroatoms. The summed E-state index contributed by atoms with van der Waals surface area (Å²) in [5, 5.41) is 0. The van der Waals surface area contributed by atoms with Gasteiger partial charge in [0.05, 0.1) is 16.2 Å². The van der Waals surface area contributed by atoms with Crippen LogP contribution in [-0.2, 0) is 22.5 Å². The van der Waals surface area contributed by atoms with E-state index in [2.05, 4.69) is 20.3 Å². The van der Waals surface area contributed by atoms with Gasteiger partial charge in [-0.05, 0) is 81.9 Å². The predicted molar refractivity (Wildman–Crippen MR) is 122 cm³/mol. The van der Waals surface area contributed by atoms with E-state index >= 15 is 0 Å². The van der Waals surface area contributed by atoms with E-state index < -0.39 is 33.8 Å². The summed E-state index contributed by atoms with van der Waals surface area (Å²) in [4.78, 5) is 14.7. The lowest BCUT2D eigenvalue weighted by molar-refractivity contribution is 0.0232. The van der Waals surface area contributed by atoms with Crippen molar-refractivity contribution < 1.29 is 18.5 Å². The molecule has 0 N–H and O–H groups in total. The van der Waals surface area contributed by atoms with Crippen molar-refractivity contribution in [1.82, 2.24) is 4.90 Å². The number of rotatable bonds is 3. The predicted octanol–water partition coefficient (Wildman–Crippen LogP) is 5.43. The number of nitrogens with zero attached hydrogens (tertiary/aromatic N) is 2. The van der Waals surface area contributed by atoms with E-state index in [1.54, 1.807) is 23.1 Å². The molecule has 1 aliphatic heterocycles. The second-order valence-corrected chi connectivity index (χ2v) is 12.9. The lowest BCUT2D eigenvalue weighted by Crippen LogP contribution is -2.43. The summed E-state index contributed by atoms with van der Waals surface area (Å²) in [6.45, 7) is 11.5. The van der Waals surface area contributed by atoms with E-state index in [4.69, 9.17) is 4.74 Å². The second-order valence-electron chi connectivity index (χ2n) is 10.2. The van der Waals surface area contributed by atoms with Crippen molar-refractivity contribution in [2.75, 3.05) is 6.54 Å². The first-order valence-corrected chi connectivity index (χ1v) is 12.1. The Morgan fingerprint density at radius 3 is 2.50 bits per heavy atom. The molecule has 2 aliphatic rings. The minimum Gasteiger partial charge on any atom is -0.591 e. The van der Waals surface area contributed by atoms with Crippen molar-refractivity contribution in [3.8, 4) is 0 Å². The van der Waals surface area contributed by atoms with Crippen LogP contribution in [0.5, 0.6) is 0 Å². The highest BCUT2D eigenvalue weighted by Crippen LogP contribution is 2.54. The highest BCUT2D eigenvalue weighted by Gasteiger charge is 2.60. The first kappa shape index (κ1) is 23.5. The van der Waals surface area contributed by atoms with Gasteiger partial charge in [0.1, 0.15) is 27.5 Å². The zero-order valence-corrected chi connectivity index (χ0v) is 20.8. The Morgan fingerprint density at radius 1 is 1.33 bits per heavy atom. The highest BCUT2D eigenvalue weighted by molar-refractivity contribution is 9.10. The Balaban J connectivity index is 2.02. The number of likely N-dealkylation sites (tertiary alicyclic amines) is 1. The first-order chi connectivity index (χ1) is 13.7. The van der Waals surface area contributed by atoms with Gasteiger partial charge < -0.3 is 9.29 Å². The van der Waals surface area contributed by atoms with E-state index in [0.717, 1.165) is 18.6 Å². The summed E-state index contributed by atoms with van der Waals surface area (Å²) in [5.74, 6) is -0.352. The lowest BCUT2D eigenvalue weighted by Gasteiger charge is -2.28. The molecule has 1 aliphatic carbocycles. The topological polar surface area (TPSA) is 65.0 Å². The molecule has 0 bridgehead atoms. The van der Waals surface area contributed by atoms with E-state index in [9.17, 15) is 13.7 Å². The van der Waals surface area contributed by atoms with Crippen LogP contribution in [-0.4, -0.2) is 44.2 Å². The summed E-state index contributed by atoms with van der Waals surface area (Å²) in [5.41, 5.74) is 0.300. The monoisotopic (exact) mass is 500 g/mol. The van der Waals surface area contributed by atoms with E-state index in [0.29, 0.717) is 16.6 Å². The maximum Gasteiger partial charge on any atom is 0.410 e. The summed E-state index contributed by atoms with van der Waals surface area (Å²) in [6, 6.07) is 4.64. The third kappa shape index (κ3) is 5.02. The zero-order chi connectivity index (χ0) is 22.5. The minimum absolute atomic E-state index is 0.256. The standard InChI is InChI=1S/C22H30BrFN2O3S/c1-20(2,3)29-19(27)26-13-22(10-11-22)18(25-30(28)21(4,5)6)16(26)12-14-8-7-9-15(23)17(14)24/h7-9,16H,10-13H2,1-6H3. The molecular weight excluding hydrogens is 471 g/mol. The highest BCUT2D eigenvalue weighted by atomic mass is 79.9. The Kier molecular flexibility index (Phi) is 6.35. The van der Waals surface area contributed by atoms with Crippen molar-refractivity contribution in [2.24, 2.45) is 9.81 Å². The molecule has 0 radical (unpaired) electrons. The zero-order valence-electron chi connectivity index (χ0n) is 18.4. The molecule has 1 aromatic rings. The molecule has 0 aromatic heterocycles. The fourth-order valence-corrected chi connectivity index (χ4v) is 4.78. The van der Waals surface area contributed by atoms with Crippen molar-refractivity contribution in [2.45, 2.75) is 77.2 Å². The molecule has 30 heavy (non-hydrogen) atoms. The molecule has 1 amide bonds. The molecule has 5 nitrogen and oxygen atoms in total. The summed E-state index contributed by atoms with van der Waals surface area (Å²) < 4.78 is 37.7. The van der Waals surface area contributed by atoms with Crippen LogP contribution < -0.4 is 0 Å². The van der Waals surface area contributed by atoms with Crippen molar-refractivity contribution >= 4 is 39.1 Å². The number of benzene rings is 1. The van der Waals surface area contributed by atoms with Gasteiger partial charge in [-0.25, -0.2) is 9.18 Å². The average Bonchev–Trinajstić information content (AvgIpc) is 3.31. The van der Waals surface area contributed by atoms with Gasteiger partial charge in [0, 0.05) is 18.4 Å². The average molecular weight is 501 g/mol. The Bertz CT molecular complexity index is 859. The molecule has 1 saturated carbocycles. The smallest absolute Gasteiger partial charge is 0.410 e. The first-order valence-electron chi connectivity index (χ1n) is 10.2. The van der Waals surface area contributed by atoms with E-state index in [1.165, 1.54) is 0 Å². The molecule has 1 heterocycles. The molecule has 1 saturated heterocycles.